The molecule has 0 spiro atoms. The van der Waals surface area contributed by atoms with E-state index in [4.69, 9.17) is 4.74 Å². The maximum Gasteiger partial charge on any atom is 0.200 e. The predicted octanol–water partition coefficient (Wildman–Crippen LogP) is 1.25. The van der Waals surface area contributed by atoms with Crippen molar-refractivity contribution in [3.05, 3.63) is 12.4 Å². The Bertz CT molecular complexity index is 229. The van der Waals surface area contributed by atoms with E-state index in [0.29, 0.717) is 0 Å². The Balaban J connectivity index is 1.72. The van der Waals surface area contributed by atoms with E-state index in [2.05, 4.69) is 15.3 Å². The van der Waals surface area contributed by atoms with Crippen LogP contribution in [0.4, 0.5) is 5.95 Å². The number of anilines is 1. The molecule has 1 aromatic rings. The number of imidazole rings is 1. The van der Waals surface area contributed by atoms with E-state index in [9.17, 15) is 0 Å². The Kier molecular flexibility index (Phi) is 2.82. The summed E-state index contributed by atoms with van der Waals surface area (Å²) in [5.41, 5.74) is 0. The van der Waals surface area contributed by atoms with Gasteiger partial charge in [0.2, 0.25) is 0 Å². The molecular formula is C9H15N3O. The van der Waals surface area contributed by atoms with Crippen LogP contribution in [0.2, 0.25) is 0 Å². The van der Waals surface area contributed by atoms with Crippen LogP contribution in [-0.4, -0.2) is 29.7 Å². The van der Waals surface area contributed by atoms with Crippen molar-refractivity contribution in [3.63, 3.8) is 0 Å². The molecule has 1 saturated heterocycles. The summed E-state index contributed by atoms with van der Waals surface area (Å²) in [7, 11) is 0. The van der Waals surface area contributed by atoms with Gasteiger partial charge in [-0.3, -0.25) is 0 Å². The normalized spacial score (nSPS) is 18.8. The molecule has 4 heteroatoms. The zero-order valence-electron chi connectivity index (χ0n) is 7.62. The van der Waals surface area contributed by atoms with E-state index in [-0.39, 0.29) is 0 Å². The molecule has 2 heterocycles. The van der Waals surface area contributed by atoms with Gasteiger partial charge in [0.15, 0.2) is 5.95 Å². The lowest BCUT2D eigenvalue weighted by Gasteiger charge is -2.21. The predicted molar refractivity (Wildman–Crippen MR) is 50.6 cm³/mol. The van der Waals surface area contributed by atoms with Crippen LogP contribution in [0.15, 0.2) is 12.4 Å². The van der Waals surface area contributed by atoms with Crippen molar-refractivity contribution in [3.8, 4) is 0 Å². The molecule has 0 atom stereocenters. The Morgan fingerprint density at radius 3 is 3.08 bits per heavy atom. The molecule has 0 aliphatic carbocycles. The highest BCUT2D eigenvalue weighted by molar-refractivity contribution is 5.22. The number of aromatic amines is 1. The van der Waals surface area contributed by atoms with E-state index in [1.165, 1.54) is 0 Å². The van der Waals surface area contributed by atoms with Gasteiger partial charge in [0.25, 0.3) is 0 Å². The second-order valence-electron chi connectivity index (χ2n) is 3.37. The Hall–Kier alpha value is -1.03. The molecule has 4 nitrogen and oxygen atoms in total. The zero-order valence-corrected chi connectivity index (χ0v) is 7.62. The Morgan fingerprint density at radius 1 is 1.54 bits per heavy atom. The number of hydrogen-bond donors (Lipinski definition) is 2. The molecule has 1 fully saturated rings. The first-order valence-corrected chi connectivity index (χ1v) is 4.76. The summed E-state index contributed by atoms with van der Waals surface area (Å²) in [6.45, 7) is 2.81. The molecule has 13 heavy (non-hydrogen) atoms. The molecule has 0 saturated carbocycles. The molecule has 1 aliphatic heterocycles. The first kappa shape index (κ1) is 8.56. The van der Waals surface area contributed by atoms with Crippen LogP contribution in [0.5, 0.6) is 0 Å². The highest BCUT2D eigenvalue weighted by Gasteiger charge is 2.13. The van der Waals surface area contributed by atoms with Crippen LogP contribution >= 0.6 is 0 Å². The first-order valence-electron chi connectivity index (χ1n) is 4.76. The van der Waals surface area contributed by atoms with Crippen molar-refractivity contribution in [2.75, 3.05) is 25.1 Å². The molecule has 2 rings (SSSR count). The van der Waals surface area contributed by atoms with Gasteiger partial charge < -0.3 is 15.0 Å². The number of H-pyrrole nitrogens is 1. The third kappa shape index (κ3) is 2.45. The lowest BCUT2D eigenvalue weighted by molar-refractivity contribution is 0.0699. The minimum absolute atomic E-state index is 0.735. The number of nitrogens with zero attached hydrogens (tertiary/aromatic N) is 1. The Labute approximate surface area is 77.7 Å². The number of aromatic nitrogens is 2. The van der Waals surface area contributed by atoms with Crippen molar-refractivity contribution < 1.29 is 4.74 Å². The number of rotatable bonds is 3. The van der Waals surface area contributed by atoms with Crippen LogP contribution < -0.4 is 5.32 Å². The zero-order chi connectivity index (χ0) is 8.93. The maximum atomic E-state index is 5.29. The van der Waals surface area contributed by atoms with Gasteiger partial charge in [0.05, 0.1) is 0 Å². The third-order valence-corrected chi connectivity index (χ3v) is 2.40. The molecular weight excluding hydrogens is 166 g/mol. The van der Waals surface area contributed by atoms with Crippen molar-refractivity contribution in [1.82, 2.24) is 9.97 Å². The summed E-state index contributed by atoms with van der Waals surface area (Å²) in [4.78, 5) is 7.13. The second-order valence-corrected chi connectivity index (χ2v) is 3.37. The van der Waals surface area contributed by atoms with Gasteiger partial charge in [-0.15, -0.1) is 0 Å². The highest BCUT2D eigenvalue weighted by Crippen LogP contribution is 2.14. The molecule has 0 aromatic carbocycles. The Morgan fingerprint density at radius 2 is 2.38 bits per heavy atom. The van der Waals surface area contributed by atoms with Gasteiger partial charge in [0, 0.05) is 32.2 Å². The average Bonchev–Trinajstić information content (AvgIpc) is 2.69. The molecule has 0 amide bonds. The fourth-order valence-corrected chi connectivity index (χ4v) is 1.55. The molecule has 1 aliphatic rings. The van der Waals surface area contributed by atoms with Crippen LogP contribution in [0, 0.1) is 5.92 Å². The standard InChI is InChI=1S/C9H15N3O/c1-5-13-6-2-8(1)7-12-9-10-3-4-11-9/h3-4,8H,1-2,5-7H2,(H2,10,11,12). The molecule has 72 valence electrons. The second kappa shape index (κ2) is 4.28. The minimum Gasteiger partial charge on any atom is -0.381 e. The first-order chi connectivity index (χ1) is 6.45. The monoisotopic (exact) mass is 181 g/mol. The highest BCUT2D eigenvalue weighted by atomic mass is 16.5. The summed E-state index contributed by atoms with van der Waals surface area (Å²) in [6.07, 6.45) is 5.90. The van der Waals surface area contributed by atoms with Gasteiger partial charge in [-0.1, -0.05) is 0 Å². The van der Waals surface area contributed by atoms with Crippen LogP contribution in [-0.2, 0) is 4.74 Å². The molecule has 1 aromatic heterocycles. The molecule has 0 unspecified atom stereocenters. The number of hydrogen-bond acceptors (Lipinski definition) is 3. The summed E-state index contributed by atoms with van der Waals surface area (Å²) < 4.78 is 5.29. The molecule has 2 N–H and O–H groups in total. The van der Waals surface area contributed by atoms with E-state index >= 15 is 0 Å². The van der Waals surface area contributed by atoms with E-state index in [0.717, 1.165) is 44.5 Å². The van der Waals surface area contributed by atoms with Crippen molar-refractivity contribution in [2.24, 2.45) is 5.92 Å². The summed E-state index contributed by atoms with van der Waals surface area (Å²) in [5, 5.41) is 3.27. The van der Waals surface area contributed by atoms with Gasteiger partial charge in [-0.05, 0) is 18.8 Å². The van der Waals surface area contributed by atoms with Gasteiger partial charge >= 0.3 is 0 Å². The SMILES string of the molecule is c1c[nH]c(NCC2CCOCC2)n1. The average molecular weight is 181 g/mol. The smallest absolute Gasteiger partial charge is 0.200 e. The maximum absolute atomic E-state index is 5.29. The lowest BCUT2D eigenvalue weighted by atomic mass is 10.0. The number of nitrogens with one attached hydrogen (secondary N) is 2. The molecule has 0 radical (unpaired) electrons. The fraction of sp³-hybridized carbons (Fsp3) is 0.667. The number of ether oxygens (including phenoxy) is 1. The van der Waals surface area contributed by atoms with E-state index in [1.807, 2.05) is 6.20 Å². The van der Waals surface area contributed by atoms with Gasteiger partial charge in [0.1, 0.15) is 0 Å². The summed E-state index contributed by atoms with van der Waals surface area (Å²) >= 11 is 0. The van der Waals surface area contributed by atoms with Crippen molar-refractivity contribution >= 4 is 5.95 Å². The summed E-state index contributed by atoms with van der Waals surface area (Å²) in [5.74, 6) is 1.60. The van der Waals surface area contributed by atoms with Gasteiger partial charge in [-0.25, -0.2) is 4.98 Å². The van der Waals surface area contributed by atoms with Crippen molar-refractivity contribution in [1.29, 1.82) is 0 Å². The lowest BCUT2D eigenvalue weighted by Crippen LogP contribution is -2.22. The minimum atomic E-state index is 0.735. The topological polar surface area (TPSA) is 49.9 Å². The molecule has 0 bridgehead atoms. The van der Waals surface area contributed by atoms with Gasteiger partial charge in [-0.2, -0.15) is 0 Å². The van der Waals surface area contributed by atoms with Crippen LogP contribution in [0.3, 0.4) is 0 Å². The quantitative estimate of drug-likeness (QED) is 0.737. The fourth-order valence-electron chi connectivity index (χ4n) is 1.55. The van der Waals surface area contributed by atoms with Crippen LogP contribution in [0.25, 0.3) is 0 Å². The van der Waals surface area contributed by atoms with E-state index in [1.54, 1.807) is 6.20 Å². The van der Waals surface area contributed by atoms with E-state index < -0.39 is 0 Å². The van der Waals surface area contributed by atoms with Crippen LogP contribution in [0.1, 0.15) is 12.8 Å². The van der Waals surface area contributed by atoms with Crippen molar-refractivity contribution in [2.45, 2.75) is 12.8 Å². The largest absolute Gasteiger partial charge is 0.381 e. The third-order valence-electron chi connectivity index (χ3n) is 2.40. The summed E-state index contributed by atoms with van der Waals surface area (Å²) in [6, 6.07) is 0.